The molecular formula is C14H18N2O. The first-order chi connectivity index (χ1) is 7.96. The Balaban J connectivity index is 2.21. The maximum absolute atomic E-state index is 9.70. The fraction of sp³-hybridized carbons (Fsp3) is 0.500. The Labute approximate surface area is 102 Å². The van der Waals surface area contributed by atoms with Gasteiger partial charge in [0.15, 0.2) is 0 Å². The number of hydrogen-bond donors (Lipinski definition) is 2. The van der Waals surface area contributed by atoms with Crippen LogP contribution in [0, 0.1) is 23.7 Å². The minimum atomic E-state index is -0.254. The summed E-state index contributed by atoms with van der Waals surface area (Å²) in [5.74, 6) is 0. The molecule has 0 radical (unpaired) electrons. The molecule has 1 aliphatic carbocycles. The van der Waals surface area contributed by atoms with E-state index in [4.69, 9.17) is 5.26 Å². The molecule has 1 aromatic rings. The first-order valence-electron chi connectivity index (χ1n) is 5.91. The lowest BCUT2D eigenvalue weighted by Gasteiger charge is -2.50. The van der Waals surface area contributed by atoms with E-state index < -0.39 is 0 Å². The summed E-state index contributed by atoms with van der Waals surface area (Å²) in [5, 5.41) is 22.2. The summed E-state index contributed by atoms with van der Waals surface area (Å²) >= 11 is 0. The molecule has 17 heavy (non-hydrogen) atoms. The molecule has 0 aliphatic heterocycles. The van der Waals surface area contributed by atoms with E-state index in [1.165, 1.54) is 0 Å². The number of nitrogens with zero attached hydrogens (tertiary/aromatic N) is 1. The van der Waals surface area contributed by atoms with Crippen molar-refractivity contribution in [1.82, 2.24) is 0 Å². The minimum Gasteiger partial charge on any atom is -0.392 e. The second-order valence-corrected chi connectivity index (χ2v) is 5.38. The molecule has 3 heteroatoms. The van der Waals surface area contributed by atoms with E-state index in [1.54, 1.807) is 0 Å². The number of hydrogen-bond acceptors (Lipinski definition) is 3. The van der Waals surface area contributed by atoms with Crippen LogP contribution in [0.3, 0.4) is 0 Å². The molecule has 0 aromatic heterocycles. The lowest BCUT2D eigenvalue weighted by Crippen LogP contribution is -2.57. The standard InChI is InChI=1S/C14H18N2O/c1-9-5-4-6-11(10(9)8-15)16-12-7-13(17)14(12,2)3/h4-6,12-13,16-17H,7H2,1-3H3. The summed E-state index contributed by atoms with van der Waals surface area (Å²) in [6, 6.07) is 8.26. The molecule has 3 nitrogen and oxygen atoms in total. The highest BCUT2D eigenvalue weighted by Crippen LogP contribution is 2.42. The predicted molar refractivity (Wildman–Crippen MR) is 67.7 cm³/mol. The Hall–Kier alpha value is -1.53. The van der Waals surface area contributed by atoms with Crippen LogP contribution >= 0.6 is 0 Å². The van der Waals surface area contributed by atoms with Crippen LogP contribution in [0.15, 0.2) is 18.2 Å². The number of anilines is 1. The van der Waals surface area contributed by atoms with Crippen molar-refractivity contribution in [3.8, 4) is 6.07 Å². The number of nitriles is 1. The Morgan fingerprint density at radius 1 is 1.47 bits per heavy atom. The van der Waals surface area contributed by atoms with Gasteiger partial charge in [0.2, 0.25) is 0 Å². The molecule has 2 unspecified atom stereocenters. The Kier molecular flexibility index (Phi) is 2.84. The molecular weight excluding hydrogens is 212 g/mol. The van der Waals surface area contributed by atoms with Crippen LogP contribution in [0.1, 0.15) is 31.4 Å². The molecule has 0 heterocycles. The Bertz CT molecular complexity index is 474. The van der Waals surface area contributed by atoms with Gasteiger partial charge in [-0.2, -0.15) is 5.26 Å². The normalized spacial score (nSPS) is 25.8. The number of rotatable bonds is 2. The highest BCUT2D eigenvalue weighted by Gasteiger charge is 2.47. The number of aliphatic hydroxyl groups excluding tert-OH is 1. The maximum Gasteiger partial charge on any atom is 0.102 e. The molecule has 2 rings (SSSR count). The van der Waals surface area contributed by atoms with Crippen molar-refractivity contribution in [2.75, 3.05) is 5.32 Å². The third-order valence-electron chi connectivity index (χ3n) is 3.93. The third-order valence-corrected chi connectivity index (χ3v) is 3.93. The summed E-state index contributed by atoms with van der Waals surface area (Å²) in [6.07, 6.45) is 0.488. The van der Waals surface area contributed by atoms with Crippen LogP contribution in [0.5, 0.6) is 0 Å². The molecule has 0 amide bonds. The van der Waals surface area contributed by atoms with Crippen molar-refractivity contribution in [1.29, 1.82) is 5.26 Å². The first-order valence-corrected chi connectivity index (χ1v) is 5.91. The van der Waals surface area contributed by atoms with Crippen LogP contribution in [0.25, 0.3) is 0 Å². The molecule has 90 valence electrons. The fourth-order valence-corrected chi connectivity index (χ4v) is 2.27. The number of aryl methyl sites for hydroxylation is 1. The molecule has 0 saturated heterocycles. The molecule has 1 fully saturated rings. The average Bonchev–Trinajstić information content (AvgIpc) is 2.29. The van der Waals surface area contributed by atoms with Crippen LogP contribution in [-0.2, 0) is 0 Å². The summed E-state index contributed by atoms with van der Waals surface area (Å²) in [4.78, 5) is 0. The van der Waals surface area contributed by atoms with Gasteiger partial charge in [-0.15, -0.1) is 0 Å². The van der Waals surface area contributed by atoms with E-state index in [2.05, 4.69) is 11.4 Å². The Morgan fingerprint density at radius 2 is 2.18 bits per heavy atom. The van der Waals surface area contributed by atoms with Gasteiger partial charge in [-0.1, -0.05) is 26.0 Å². The van der Waals surface area contributed by atoms with Gasteiger partial charge < -0.3 is 10.4 Å². The summed E-state index contributed by atoms with van der Waals surface area (Å²) in [6.45, 7) is 6.02. The molecule has 2 N–H and O–H groups in total. The quantitative estimate of drug-likeness (QED) is 0.820. The van der Waals surface area contributed by atoms with Gasteiger partial charge in [0.05, 0.1) is 17.4 Å². The zero-order chi connectivity index (χ0) is 12.6. The molecule has 1 aliphatic rings. The zero-order valence-corrected chi connectivity index (χ0v) is 10.5. The second kappa shape index (κ2) is 4.05. The summed E-state index contributed by atoms with van der Waals surface area (Å²) in [7, 11) is 0. The van der Waals surface area contributed by atoms with Crippen molar-refractivity contribution < 1.29 is 5.11 Å². The summed E-state index contributed by atoms with van der Waals surface area (Å²) < 4.78 is 0. The van der Waals surface area contributed by atoms with Crippen molar-refractivity contribution in [3.05, 3.63) is 29.3 Å². The number of aliphatic hydroxyl groups is 1. The van der Waals surface area contributed by atoms with Crippen LogP contribution in [-0.4, -0.2) is 17.3 Å². The van der Waals surface area contributed by atoms with Crippen molar-refractivity contribution in [3.63, 3.8) is 0 Å². The van der Waals surface area contributed by atoms with Gasteiger partial charge in [-0.05, 0) is 25.0 Å². The highest BCUT2D eigenvalue weighted by molar-refractivity contribution is 5.61. The largest absolute Gasteiger partial charge is 0.392 e. The van der Waals surface area contributed by atoms with E-state index in [-0.39, 0.29) is 17.6 Å². The number of nitrogens with one attached hydrogen (secondary N) is 1. The molecule has 0 spiro atoms. The molecule has 1 aromatic carbocycles. The zero-order valence-electron chi connectivity index (χ0n) is 10.5. The lowest BCUT2D eigenvalue weighted by molar-refractivity contribution is -0.0510. The van der Waals surface area contributed by atoms with E-state index in [0.717, 1.165) is 17.7 Å². The maximum atomic E-state index is 9.70. The van der Waals surface area contributed by atoms with Gasteiger partial charge in [0, 0.05) is 11.5 Å². The predicted octanol–water partition coefficient (Wildman–Crippen LogP) is 2.44. The third kappa shape index (κ3) is 1.89. The van der Waals surface area contributed by atoms with Crippen LogP contribution in [0.2, 0.25) is 0 Å². The fourth-order valence-electron chi connectivity index (χ4n) is 2.27. The van der Waals surface area contributed by atoms with Gasteiger partial charge >= 0.3 is 0 Å². The molecule has 0 bridgehead atoms. The molecule has 1 saturated carbocycles. The van der Waals surface area contributed by atoms with E-state index in [9.17, 15) is 5.11 Å². The smallest absolute Gasteiger partial charge is 0.102 e. The second-order valence-electron chi connectivity index (χ2n) is 5.38. The van der Waals surface area contributed by atoms with Crippen LogP contribution < -0.4 is 5.32 Å². The van der Waals surface area contributed by atoms with E-state index in [1.807, 2.05) is 39.0 Å². The van der Waals surface area contributed by atoms with Gasteiger partial charge in [-0.25, -0.2) is 0 Å². The highest BCUT2D eigenvalue weighted by atomic mass is 16.3. The van der Waals surface area contributed by atoms with E-state index >= 15 is 0 Å². The van der Waals surface area contributed by atoms with E-state index in [0.29, 0.717) is 5.56 Å². The van der Waals surface area contributed by atoms with Crippen molar-refractivity contribution >= 4 is 5.69 Å². The van der Waals surface area contributed by atoms with Crippen molar-refractivity contribution in [2.45, 2.75) is 39.3 Å². The van der Waals surface area contributed by atoms with Crippen molar-refractivity contribution in [2.24, 2.45) is 5.41 Å². The Morgan fingerprint density at radius 3 is 2.71 bits per heavy atom. The first kappa shape index (κ1) is 11.9. The topological polar surface area (TPSA) is 56.0 Å². The molecule has 2 atom stereocenters. The SMILES string of the molecule is Cc1cccc(NC2CC(O)C2(C)C)c1C#N. The van der Waals surface area contributed by atoms with Crippen LogP contribution in [0.4, 0.5) is 5.69 Å². The summed E-state index contributed by atoms with van der Waals surface area (Å²) in [5.41, 5.74) is 2.42. The lowest BCUT2D eigenvalue weighted by atomic mass is 9.64. The van der Waals surface area contributed by atoms with Gasteiger partial charge in [0.25, 0.3) is 0 Å². The number of benzene rings is 1. The minimum absolute atomic E-state index is 0.129. The van der Waals surface area contributed by atoms with Gasteiger partial charge in [0.1, 0.15) is 6.07 Å². The monoisotopic (exact) mass is 230 g/mol. The average molecular weight is 230 g/mol. The van der Waals surface area contributed by atoms with Gasteiger partial charge in [-0.3, -0.25) is 0 Å².